The zero-order chi connectivity index (χ0) is 14.5. The van der Waals surface area contributed by atoms with Crippen molar-refractivity contribution in [3.63, 3.8) is 0 Å². The maximum Gasteiger partial charge on any atom is 0.251 e. The van der Waals surface area contributed by atoms with Crippen LogP contribution >= 0.6 is 11.6 Å². The SMILES string of the molecule is CN(C)c1ccc(C(=O)NCc2cccc(Cl)c2)cc1. The molecule has 0 fully saturated rings. The molecule has 2 rings (SSSR count). The topological polar surface area (TPSA) is 32.3 Å². The summed E-state index contributed by atoms with van der Waals surface area (Å²) in [5, 5.41) is 3.55. The van der Waals surface area contributed by atoms with E-state index < -0.39 is 0 Å². The number of carbonyl (C=O) groups is 1. The van der Waals surface area contributed by atoms with Crippen LogP contribution in [0.25, 0.3) is 0 Å². The van der Waals surface area contributed by atoms with Gasteiger partial charge in [-0.2, -0.15) is 0 Å². The molecule has 0 aliphatic heterocycles. The summed E-state index contributed by atoms with van der Waals surface area (Å²) in [7, 11) is 3.93. The van der Waals surface area contributed by atoms with Crippen LogP contribution in [0, 0.1) is 0 Å². The van der Waals surface area contributed by atoms with Crippen LogP contribution in [-0.4, -0.2) is 20.0 Å². The third-order valence-corrected chi connectivity index (χ3v) is 3.22. The third kappa shape index (κ3) is 3.75. The molecule has 4 heteroatoms. The van der Waals surface area contributed by atoms with Crippen molar-refractivity contribution in [3.05, 3.63) is 64.7 Å². The van der Waals surface area contributed by atoms with Crippen LogP contribution in [0.4, 0.5) is 5.69 Å². The molecule has 0 saturated carbocycles. The summed E-state index contributed by atoms with van der Waals surface area (Å²) in [5.41, 5.74) is 2.70. The fourth-order valence-electron chi connectivity index (χ4n) is 1.84. The van der Waals surface area contributed by atoms with E-state index >= 15 is 0 Å². The Morgan fingerprint density at radius 3 is 2.45 bits per heavy atom. The first-order valence-electron chi connectivity index (χ1n) is 6.36. The first-order valence-corrected chi connectivity index (χ1v) is 6.74. The minimum absolute atomic E-state index is 0.0877. The summed E-state index contributed by atoms with van der Waals surface area (Å²) in [5.74, 6) is -0.0877. The Morgan fingerprint density at radius 2 is 1.85 bits per heavy atom. The van der Waals surface area contributed by atoms with Gasteiger partial charge in [0.25, 0.3) is 5.91 Å². The Labute approximate surface area is 124 Å². The molecule has 0 aliphatic rings. The fraction of sp³-hybridized carbons (Fsp3) is 0.188. The van der Waals surface area contributed by atoms with Crippen molar-refractivity contribution in [1.82, 2.24) is 5.32 Å². The molecule has 1 amide bonds. The van der Waals surface area contributed by atoms with Gasteiger partial charge in [0.2, 0.25) is 0 Å². The maximum absolute atomic E-state index is 12.0. The number of nitrogens with zero attached hydrogens (tertiary/aromatic N) is 1. The molecule has 0 atom stereocenters. The second-order valence-corrected chi connectivity index (χ2v) is 5.19. The summed E-state index contributed by atoms with van der Waals surface area (Å²) in [6, 6.07) is 15.0. The van der Waals surface area contributed by atoms with E-state index in [2.05, 4.69) is 5.32 Å². The van der Waals surface area contributed by atoms with Crippen molar-refractivity contribution in [3.8, 4) is 0 Å². The third-order valence-electron chi connectivity index (χ3n) is 2.99. The second kappa shape index (κ2) is 6.44. The largest absolute Gasteiger partial charge is 0.378 e. The van der Waals surface area contributed by atoms with E-state index in [4.69, 9.17) is 11.6 Å². The maximum atomic E-state index is 12.0. The second-order valence-electron chi connectivity index (χ2n) is 4.75. The van der Waals surface area contributed by atoms with Crippen LogP contribution in [0.15, 0.2) is 48.5 Å². The van der Waals surface area contributed by atoms with Gasteiger partial charge < -0.3 is 10.2 Å². The van der Waals surface area contributed by atoms with Gasteiger partial charge >= 0.3 is 0 Å². The lowest BCUT2D eigenvalue weighted by Gasteiger charge is -2.12. The van der Waals surface area contributed by atoms with Crippen molar-refractivity contribution in [2.24, 2.45) is 0 Å². The Balaban J connectivity index is 1.98. The Bertz CT molecular complexity index is 594. The molecular formula is C16H17ClN2O. The van der Waals surface area contributed by atoms with Gasteiger partial charge in [-0.25, -0.2) is 0 Å². The molecule has 0 bridgehead atoms. The van der Waals surface area contributed by atoms with Crippen molar-refractivity contribution in [2.45, 2.75) is 6.54 Å². The Hall–Kier alpha value is -2.00. The Morgan fingerprint density at radius 1 is 1.15 bits per heavy atom. The molecule has 0 spiro atoms. The fourth-order valence-corrected chi connectivity index (χ4v) is 2.06. The van der Waals surface area contributed by atoms with E-state index in [0.717, 1.165) is 11.3 Å². The summed E-state index contributed by atoms with van der Waals surface area (Å²) in [6.07, 6.45) is 0. The van der Waals surface area contributed by atoms with Gasteiger partial charge in [-0.3, -0.25) is 4.79 Å². The lowest BCUT2D eigenvalue weighted by molar-refractivity contribution is 0.0951. The number of hydrogen-bond acceptors (Lipinski definition) is 2. The average molecular weight is 289 g/mol. The summed E-state index contributed by atoms with van der Waals surface area (Å²) >= 11 is 5.91. The number of rotatable bonds is 4. The van der Waals surface area contributed by atoms with Gasteiger partial charge in [-0.15, -0.1) is 0 Å². The van der Waals surface area contributed by atoms with E-state index in [9.17, 15) is 4.79 Å². The molecule has 104 valence electrons. The van der Waals surface area contributed by atoms with E-state index in [1.807, 2.05) is 67.5 Å². The van der Waals surface area contributed by atoms with Gasteiger partial charge in [-0.05, 0) is 42.0 Å². The van der Waals surface area contributed by atoms with Gasteiger partial charge in [0.05, 0.1) is 0 Å². The number of nitrogens with one attached hydrogen (secondary N) is 1. The molecule has 2 aromatic rings. The number of amides is 1. The minimum atomic E-state index is -0.0877. The zero-order valence-electron chi connectivity index (χ0n) is 11.6. The molecule has 0 heterocycles. The van der Waals surface area contributed by atoms with Crippen LogP contribution in [0.1, 0.15) is 15.9 Å². The number of hydrogen-bond donors (Lipinski definition) is 1. The highest BCUT2D eigenvalue weighted by atomic mass is 35.5. The van der Waals surface area contributed by atoms with Crippen molar-refractivity contribution < 1.29 is 4.79 Å². The minimum Gasteiger partial charge on any atom is -0.378 e. The number of benzene rings is 2. The standard InChI is InChI=1S/C16H17ClN2O/c1-19(2)15-8-6-13(7-9-15)16(20)18-11-12-4-3-5-14(17)10-12/h3-10H,11H2,1-2H3,(H,18,20). The smallest absolute Gasteiger partial charge is 0.251 e. The van der Waals surface area contributed by atoms with Crippen LogP contribution in [0.5, 0.6) is 0 Å². The van der Waals surface area contributed by atoms with Gasteiger partial charge in [0.15, 0.2) is 0 Å². The normalized spacial score (nSPS) is 10.2. The zero-order valence-corrected chi connectivity index (χ0v) is 12.3. The lowest BCUT2D eigenvalue weighted by Crippen LogP contribution is -2.22. The quantitative estimate of drug-likeness (QED) is 0.936. The highest BCUT2D eigenvalue weighted by Crippen LogP contribution is 2.13. The highest BCUT2D eigenvalue weighted by Gasteiger charge is 2.05. The van der Waals surface area contributed by atoms with Gasteiger partial charge in [0.1, 0.15) is 0 Å². The molecular weight excluding hydrogens is 272 g/mol. The molecule has 20 heavy (non-hydrogen) atoms. The van der Waals surface area contributed by atoms with Crippen molar-refractivity contribution >= 4 is 23.2 Å². The summed E-state index contributed by atoms with van der Waals surface area (Å²) in [6.45, 7) is 0.467. The van der Waals surface area contributed by atoms with Crippen LogP contribution < -0.4 is 10.2 Å². The average Bonchev–Trinajstić information content (AvgIpc) is 2.45. The first kappa shape index (κ1) is 14.4. The number of anilines is 1. The Kier molecular flexibility index (Phi) is 4.64. The highest BCUT2D eigenvalue weighted by molar-refractivity contribution is 6.30. The monoisotopic (exact) mass is 288 g/mol. The predicted molar refractivity (Wildman–Crippen MR) is 83.4 cm³/mol. The molecule has 3 nitrogen and oxygen atoms in total. The molecule has 0 aliphatic carbocycles. The molecule has 0 saturated heterocycles. The number of halogens is 1. The molecule has 1 N–H and O–H groups in total. The summed E-state index contributed by atoms with van der Waals surface area (Å²) in [4.78, 5) is 14.0. The lowest BCUT2D eigenvalue weighted by atomic mass is 10.1. The van der Waals surface area contributed by atoms with E-state index in [0.29, 0.717) is 17.1 Å². The predicted octanol–water partition coefficient (Wildman–Crippen LogP) is 3.34. The van der Waals surface area contributed by atoms with Crippen LogP contribution in [-0.2, 0) is 6.54 Å². The van der Waals surface area contributed by atoms with E-state index in [-0.39, 0.29) is 5.91 Å². The molecule has 0 aromatic heterocycles. The van der Waals surface area contributed by atoms with Gasteiger partial charge in [0, 0.05) is 36.9 Å². The van der Waals surface area contributed by atoms with Crippen molar-refractivity contribution in [2.75, 3.05) is 19.0 Å². The summed E-state index contributed by atoms with van der Waals surface area (Å²) < 4.78 is 0. The molecule has 0 radical (unpaired) electrons. The molecule has 0 unspecified atom stereocenters. The van der Waals surface area contributed by atoms with Gasteiger partial charge in [-0.1, -0.05) is 23.7 Å². The first-order chi connectivity index (χ1) is 9.56. The van der Waals surface area contributed by atoms with E-state index in [1.165, 1.54) is 0 Å². The van der Waals surface area contributed by atoms with E-state index in [1.54, 1.807) is 0 Å². The van der Waals surface area contributed by atoms with Crippen LogP contribution in [0.2, 0.25) is 5.02 Å². The molecule has 2 aromatic carbocycles. The number of carbonyl (C=O) groups excluding carboxylic acids is 1. The van der Waals surface area contributed by atoms with Crippen molar-refractivity contribution in [1.29, 1.82) is 0 Å². The van der Waals surface area contributed by atoms with Crippen LogP contribution in [0.3, 0.4) is 0 Å².